The molecule has 1 atom stereocenters. The Bertz CT molecular complexity index is 1050. The van der Waals surface area contributed by atoms with Gasteiger partial charge in [-0.2, -0.15) is 13.2 Å². The molecule has 0 aliphatic heterocycles. The van der Waals surface area contributed by atoms with Crippen LogP contribution >= 0.6 is 23.2 Å². The van der Waals surface area contributed by atoms with Crippen LogP contribution in [0.1, 0.15) is 34.7 Å². The molecule has 1 heterocycles. The second-order valence-electron chi connectivity index (χ2n) is 6.03. The van der Waals surface area contributed by atoms with Gasteiger partial charge >= 0.3 is 6.18 Å². The van der Waals surface area contributed by atoms with Crippen LogP contribution in [0.2, 0.25) is 10.0 Å². The van der Waals surface area contributed by atoms with E-state index in [-0.39, 0.29) is 10.7 Å². The van der Waals surface area contributed by atoms with Crippen molar-refractivity contribution in [3.63, 3.8) is 0 Å². The van der Waals surface area contributed by atoms with E-state index in [9.17, 15) is 22.4 Å². The van der Waals surface area contributed by atoms with Crippen molar-refractivity contribution < 1.29 is 22.4 Å². The number of carbonyl (C=O) groups excluding carboxylic acids is 1. The molecule has 0 aliphatic carbocycles. The molecule has 0 saturated carbocycles. The molecule has 0 saturated heterocycles. The molecule has 11 heteroatoms. The van der Waals surface area contributed by atoms with Gasteiger partial charge in [-0.25, -0.2) is 9.07 Å². The number of rotatable bonds is 4. The number of halogens is 6. The number of nitrogens with one attached hydrogen (secondary N) is 1. The summed E-state index contributed by atoms with van der Waals surface area (Å²) in [5.74, 6) is -1.72. The smallest absolute Gasteiger partial charge is 0.344 e. The summed E-state index contributed by atoms with van der Waals surface area (Å²) in [4.78, 5) is 12.5. The van der Waals surface area contributed by atoms with Crippen LogP contribution in [0, 0.1) is 5.82 Å². The van der Waals surface area contributed by atoms with Crippen LogP contribution in [0.25, 0.3) is 5.69 Å². The van der Waals surface area contributed by atoms with Gasteiger partial charge in [0.25, 0.3) is 5.91 Å². The number of carbonyl (C=O) groups is 1. The van der Waals surface area contributed by atoms with Crippen molar-refractivity contribution >= 4 is 29.1 Å². The highest BCUT2D eigenvalue weighted by Crippen LogP contribution is 2.33. The van der Waals surface area contributed by atoms with Gasteiger partial charge in [0.1, 0.15) is 5.82 Å². The quantitative estimate of drug-likeness (QED) is 0.558. The second kappa shape index (κ2) is 8.00. The fraction of sp³-hybridized carbons (Fsp3) is 0.167. The van der Waals surface area contributed by atoms with E-state index >= 15 is 0 Å². The van der Waals surface area contributed by atoms with E-state index in [0.717, 1.165) is 24.3 Å². The van der Waals surface area contributed by atoms with Gasteiger partial charge in [0.05, 0.1) is 11.7 Å². The van der Waals surface area contributed by atoms with Crippen molar-refractivity contribution in [2.45, 2.75) is 19.1 Å². The van der Waals surface area contributed by atoms with Crippen molar-refractivity contribution in [3.8, 4) is 5.69 Å². The molecule has 29 heavy (non-hydrogen) atoms. The van der Waals surface area contributed by atoms with Crippen molar-refractivity contribution in [3.05, 3.63) is 75.3 Å². The number of aromatic nitrogens is 3. The highest BCUT2D eigenvalue weighted by atomic mass is 35.5. The van der Waals surface area contributed by atoms with Crippen molar-refractivity contribution in [1.82, 2.24) is 20.3 Å². The van der Waals surface area contributed by atoms with Gasteiger partial charge in [-0.3, -0.25) is 4.79 Å². The summed E-state index contributed by atoms with van der Waals surface area (Å²) in [7, 11) is 0. The van der Waals surface area contributed by atoms with Crippen molar-refractivity contribution in [2.75, 3.05) is 0 Å². The summed E-state index contributed by atoms with van der Waals surface area (Å²) in [6.07, 6.45) is -4.94. The lowest BCUT2D eigenvalue weighted by Gasteiger charge is -2.16. The molecule has 2 aromatic carbocycles. The summed E-state index contributed by atoms with van der Waals surface area (Å²) in [5.41, 5.74) is -1.93. The Labute approximate surface area is 172 Å². The molecule has 3 aromatic rings. The Morgan fingerprint density at radius 1 is 1.14 bits per heavy atom. The molecule has 0 aliphatic rings. The summed E-state index contributed by atoms with van der Waals surface area (Å²) in [6, 6.07) is 7.95. The molecular formula is C18H12Cl2F4N4O. The number of hydrogen-bond acceptors (Lipinski definition) is 3. The first-order valence-electron chi connectivity index (χ1n) is 8.12. The number of alkyl halides is 3. The van der Waals surface area contributed by atoms with Crippen LogP contribution in [0.4, 0.5) is 17.6 Å². The Morgan fingerprint density at radius 2 is 1.79 bits per heavy atom. The number of benzene rings is 2. The largest absolute Gasteiger partial charge is 0.435 e. The zero-order chi connectivity index (χ0) is 21.3. The average Bonchev–Trinajstić information content (AvgIpc) is 3.07. The minimum absolute atomic E-state index is 0.0981. The van der Waals surface area contributed by atoms with Gasteiger partial charge in [0.2, 0.25) is 0 Å². The fourth-order valence-corrected chi connectivity index (χ4v) is 3.22. The zero-order valence-corrected chi connectivity index (χ0v) is 16.1. The maximum Gasteiger partial charge on any atom is 0.435 e. The highest BCUT2D eigenvalue weighted by Gasteiger charge is 2.42. The minimum atomic E-state index is -4.94. The summed E-state index contributed by atoms with van der Waals surface area (Å²) in [6.45, 7) is 1.55. The first-order chi connectivity index (χ1) is 13.6. The highest BCUT2D eigenvalue weighted by molar-refractivity contribution is 6.35. The maximum absolute atomic E-state index is 13.6. The minimum Gasteiger partial charge on any atom is -0.344 e. The van der Waals surface area contributed by atoms with Crippen LogP contribution in [0.5, 0.6) is 0 Å². The van der Waals surface area contributed by atoms with Gasteiger partial charge in [-0.15, -0.1) is 5.10 Å². The SMILES string of the molecule is CC(NC(=O)c1nnn(-c2ccc(F)cc2)c1C(F)(F)F)c1ccc(Cl)cc1Cl. The molecule has 152 valence electrons. The molecule has 0 bridgehead atoms. The lowest BCUT2D eigenvalue weighted by Crippen LogP contribution is -2.29. The summed E-state index contributed by atoms with van der Waals surface area (Å²) < 4.78 is 54.5. The Morgan fingerprint density at radius 3 is 2.38 bits per heavy atom. The molecule has 0 fully saturated rings. The zero-order valence-electron chi connectivity index (χ0n) is 14.6. The summed E-state index contributed by atoms with van der Waals surface area (Å²) in [5, 5.41) is 9.87. The average molecular weight is 447 g/mol. The van der Waals surface area contributed by atoms with Crippen LogP contribution in [0.15, 0.2) is 42.5 Å². The Hall–Kier alpha value is -2.65. The normalized spacial score (nSPS) is 12.7. The number of amides is 1. The first kappa shape index (κ1) is 21.1. The fourth-order valence-electron chi connectivity index (χ4n) is 2.65. The molecule has 1 N–H and O–H groups in total. The van der Waals surface area contributed by atoms with E-state index in [2.05, 4.69) is 15.6 Å². The molecular weight excluding hydrogens is 435 g/mol. The van der Waals surface area contributed by atoms with Crippen LogP contribution in [-0.4, -0.2) is 20.9 Å². The Kier molecular flexibility index (Phi) is 5.81. The van der Waals surface area contributed by atoms with E-state index in [1.54, 1.807) is 13.0 Å². The van der Waals surface area contributed by atoms with Gasteiger partial charge in [0, 0.05) is 10.0 Å². The molecule has 1 amide bonds. The lowest BCUT2D eigenvalue weighted by molar-refractivity contribution is -0.143. The molecule has 1 unspecified atom stereocenters. The molecule has 5 nitrogen and oxygen atoms in total. The van der Waals surface area contributed by atoms with Crippen LogP contribution < -0.4 is 5.32 Å². The van der Waals surface area contributed by atoms with E-state index < -0.39 is 35.3 Å². The van der Waals surface area contributed by atoms with Crippen LogP contribution in [0.3, 0.4) is 0 Å². The number of hydrogen-bond donors (Lipinski definition) is 1. The van der Waals surface area contributed by atoms with E-state index in [4.69, 9.17) is 23.2 Å². The first-order valence-corrected chi connectivity index (χ1v) is 8.88. The second-order valence-corrected chi connectivity index (χ2v) is 6.88. The van der Waals surface area contributed by atoms with Crippen molar-refractivity contribution in [2.24, 2.45) is 0 Å². The molecule has 0 radical (unpaired) electrons. The van der Waals surface area contributed by atoms with Crippen molar-refractivity contribution in [1.29, 1.82) is 0 Å². The Balaban J connectivity index is 1.95. The summed E-state index contributed by atoms with van der Waals surface area (Å²) >= 11 is 11.9. The predicted molar refractivity (Wildman–Crippen MR) is 98.7 cm³/mol. The molecule has 0 spiro atoms. The number of nitrogens with zero attached hydrogens (tertiary/aromatic N) is 3. The lowest BCUT2D eigenvalue weighted by atomic mass is 10.1. The predicted octanol–water partition coefficient (Wildman–Crippen LogP) is 5.22. The van der Waals surface area contributed by atoms with Gasteiger partial charge < -0.3 is 5.32 Å². The van der Waals surface area contributed by atoms with E-state index in [1.807, 2.05) is 0 Å². The van der Waals surface area contributed by atoms with E-state index in [0.29, 0.717) is 15.3 Å². The van der Waals surface area contributed by atoms with Gasteiger partial charge in [-0.1, -0.05) is 34.5 Å². The van der Waals surface area contributed by atoms with Crippen LogP contribution in [-0.2, 0) is 6.18 Å². The maximum atomic E-state index is 13.6. The third kappa shape index (κ3) is 4.51. The molecule has 1 aromatic heterocycles. The topological polar surface area (TPSA) is 59.8 Å². The monoisotopic (exact) mass is 446 g/mol. The van der Waals surface area contributed by atoms with Gasteiger partial charge in [0.15, 0.2) is 11.4 Å². The third-order valence-corrected chi connectivity index (χ3v) is 4.56. The molecule has 3 rings (SSSR count). The van der Waals surface area contributed by atoms with Gasteiger partial charge in [-0.05, 0) is 48.9 Å². The standard InChI is InChI=1S/C18H12Cl2F4N4O/c1-9(13-7-2-10(19)8-14(13)20)25-17(29)15-16(18(22,23)24)28(27-26-15)12-5-3-11(21)4-6-12/h2-9H,1H3,(H,25,29). The van der Waals surface area contributed by atoms with E-state index in [1.165, 1.54) is 12.1 Å². The third-order valence-electron chi connectivity index (χ3n) is 4.00.